The van der Waals surface area contributed by atoms with Crippen molar-refractivity contribution in [3.8, 4) is 0 Å². The van der Waals surface area contributed by atoms with Gasteiger partial charge in [-0.3, -0.25) is 19.2 Å². The van der Waals surface area contributed by atoms with Gasteiger partial charge in [-0.2, -0.15) is 0 Å². The second kappa shape index (κ2) is 10.9. The van der Waals surface area contributed by atoms with E-state index in [9.17, 15) is 39.0 Å². The molecule has 0 aromatic heterocycles. The molecule has 0 radical (unpaired) electrons. The van der Waals surface area contributed by atoms with Gasteiger partial charge in [-0.05, 0) is 0 Å². The van der Waals surface area contributed by atoms with E-state index in [0.717, 1.165) is 0 Å². The molecule has 0 aromatic rings. The van der Waals surface area contributed by atoms with E-state index < -0.39 is 85.9 Å². The van der Waals surface area contributed by atoms with E-state index in [4.69, 9.17) is 20.4 Å². The van der Waals surface area contributed by atoms with Gasteiger partial charge in [0.25, 0.3) is 0 Å². The van der Waals surface area contributed by atoms with Crippen LogP contribution in [0.15, 0.2) is 0 Å². The zero-order chi connectivity index (χ0) is 22.8. The van der Waals surface area contributed by atoms with Gasteiger partial charge in [-0.25, -0.2) is 9.59 Å². The highest BCUT2D eigenvalue weighted by Crippen LogP contribution is 2.18. The number of hydrogen-bond donors (Lipinski definition) is 6. The van der Waals surface area contributed by atoms with Gasteiger partial charge in [0.15, 0.2) is 11.2 Å². The van der Waals surface area contributed by atoms with Gasteiger partial charge in [0, 0.05) is 6.42 Å². The molecule has 14 heteroatoms. The number of hydrogen-bond acceptors (Lipinski definition) is 10. The van der Waals surface area contributed by atoms with E-state index >= 15 is 0 Å². The van der Waals surface area contributed by atoms with Gasteiger partial charge in [0.05, 0.1) is 38.9 Å². The standard InChI is InChI=1S/C15H20O14/c16-8(17)4-14(26,12(22)23)6-10(20)28-2-1-3-29-11(21)7-15(27,13(24)25)5-9(18)19/h26-27H,1-7H2,(H,16,17)(H,18,19)(H,22,23)(H,24,25). The normalized spacial score (nSPS) is 14.7. The highest BCUT2D eigenvalue weighted by atomic mass is 16.5. The summed E-state index contributed by atoms with van der Waals surface area (Å²) in [6, 6.07) is 0. The van der Waals surface area contributed by atoms with Crippen LogP contribution in [0.3, 0.4) is 0 Å². The van der Waals surface area contributed by atoms with Gasteiger partial charge in [0.1, 0.15) is 0 Å². The monoisotopic (exact) mass is 424 g/mol. The quantitative estimate of drug-likeness (QED) is 0.128. The zero-order valence-electron chi connectivity index (χ0n) is 14.9. The van der Waals surface area contributed by atoms with Gasteiger partial charge in [-0.1, -0.05) is 0 Å². The summed E-state index contributed by atoms with van der Waals surface area (Å²) in [5.74, 6) is -9.64. The van der Waals surface area contributed by atoms with Crippen molar-refractivity contribution in [3.05, 3.63) is 0 Å². The third kappa shape index (κ3) is 9.48. The van der Waals surface area contributed by atoms with Gasteiger partial charge >= 0.3 is 35.8 Å². The Morgan fingerprint density at radius 1 is 0.586 bits per heavy atom. The first-order valence-electron chi connectivity index (χ1n) is 7.88. The number of rotatable bonds is 14. The Balaban J connectivity index is 4.38. The molecule has 0 aliphatic heterocycles. The SMILES string of the molecule is O=C(O)CC(O)(CC(=O)OCCCOC(=O)CC(O)(CC(=O)O)C(=O)O)C(=O)O. The zero-order valence-corrected chi connectivity index (χ0v) is 14.9. The molecule has 0 saturated carbocycles. The molecule has 164 valence electrons. The van der Waals surface area contributed by atoms with Crippen molar-refractivity contribution in [1.29, 1.82) is 0 Å². The van der Waals surface area contributed by atoms with E-state index in [1.165, 1.54) is 0 Å². The number of carbonyl (C=O) groups excluding carboxylic acids is 2. The van der Waals surface area contributed by atoms with Crippen molar-refractivity contribution in [2.45, 2.75) is 43.3 Å². The molecule has 0 aliphatic carbocycles. The third-order valence-corrected chi connectivity index (χ3v) is 3.37. The van der Waals surface area contributed by atoms with E-state index in [1.54, 1.807) is 0 Å². The van der Waals surface area contributed by atoms with Crippen LogP contribution in [0.5, 0.6) is 0 Å². The lowest BCUT2D eigenvalue weighted by atomic mass is 9.96. The lowest BCUT2D eigenvalue weighted by molar-refractivity contribution is -0.172. The predicted octanol–water partition coefficient (Wildman–Crippen LogP) is -2.18. The first-order valence-corrected chi connectivity index (χ1v) is 7.88. The molecule has 2 unspecified atom stereocenters. The largest absolute Gasteiger partial charge is 0.481 e. The molecule has 0 aliphatic rings. The summed E-state index contributed by atoms with van der Waals surface area (Å²) in [7, 11) is 0. The summed E-state index contributed by atoms with van der Waals surface area (Å²) in [6.07, 6.45) is -4.91. The lowest BCUT2D eigenvalue weighted by Gasteiger charge is -2.20. The van der Waals surface area contributed by atoms with Gasteiger partial charge in [-0.15, -0.1) is 0 Å². The van der Waals surface area contributed by atoms with Crippen LogP contribution in [-0.4, -0.2) is 90.9 Å². The Bertz CT molecular complexity index is 614. The number of carboxylic acid groups (broad SMARTS) is 4. The molecular formula is C15H20O14. The van der Waals surface area contributed by atoms with Crippen molar-refractivity contribution in [3.63, 3.8) is 0 Å². The van der Waals surface area contributed by atoms with Crippen LogP contribution in [0.1, 0.15) is 32.1 Å². The summed E-state index contributed by atoms with van der Waals surface area (Å²) in [5, 5.41) is 54.1. The van der Waals surface area contributed by atoms with Crippen LogP contribution in [0.2, 0.25) is 0 Å². The van der Waals surface area contributed by atoms with Gasteiger partial charge < -0.3 is 40.1 Å². The number of ether oxygens (including phenoxy) is 2. The number of aliphatic hydroxyl groups is 2. The van der Waals surface area contributed by atoms with E-state index in [2.05, 4.69) is 9.47 Å². The summed E-state index contributed by atoms with van der Waals surface area (Å²) >= 11 is 0. The first-order chi connectivity index (χ1) is 13.2. The highest BCUT2D eigenvalue weighted by molar-refractivity contribution is 5.89. The minimum atomic E-state index is -2.86. The molecule has 0 heterocycles. The van der Waals surface area contributed by atoms with Crippen LogP contribution in [0.4, 0.5) is 0 Å². The number of carboxylic acids is 4. The second-order valence-corrected chi connectivity index (χ2v) is 5.96. The Morgan fingerprint density at radius 2 is 0.897 bits per heavy atom. The fourth-order valence-corrected chi connectivity index (χ4v) is 1.94. The molecular weight excluding hydrogens is 404 g/mol. The Kier molecular flexibility index (Phi) is 9.69. The molecule has 0 bridgehead atoms. The number of carbonyl (C=O) groups is 6. The minimum Gasteiger partial charge on any atom is -0.481 e. The maximum atomic E-state index is 11.5. The van der Waals surface area contributed by atoms with Crippen molar-refractivity contribution < 1.29 is 68.9 Å². The maximum Gasteiger partial charge on any atom is 0.336 e. The smallest absolute Gasteiger partial charge is 0.336 e. The molecule has 0 spiro atoms. The molecule has 0 rings (SSSR count). The van der Waals surface area contributed by atoms with Crippen molar-refractivity contribution in [2.75, 3.05) is 13.2 Å². The minimum absolute atomic E-state index is 0.146. The van der Waals surface area contributed by atoms with Crippen LogP contribution in [0, 0.1) is 0 Å². The molecule has 6 N–H and O–H groups in total. The van der Waals surface area contributed by atoms with E-state index in [1.807, 2.05) is 0 Å². The summed E-state index contributed by atoms with van der Waals surface area (Å²) < 4.78 is 9.15. The molecule has 29 heavy (non-hydrogen) atoms. The number of aliphatic carboxylic acids is 4. The third-order valence-electron chi connectivity index (χ3n) is 3.37. The van der Waals surface area contributed by atoms with Crippen molar-refractivity contribution in [1.82, 2.24) is 0 Å². The molecule has 0 fully saturated rings. The topological polar surface area (TPSA) is 242 Å². The molecule has 14 nitrogen and oxygen atoms in total. The van der Waals surface area contributed by atoms with Crippen LogP contribution >= 0.6 is 0 Å². The Hall–Kier alpha value is -3.26. The molecule has 0 amide bonds. The Labute approximate surface area is 162 Å². The fraction of sp³-hybridized carbons (Fsp3) is 0.600. The molecule has 2 atom stereocenters. The van der Waals surface area contributed by atoms with Crippen LogP contribution < -0.4 is 0 Å². The Morgan fingerprint density at radius 3 is 1.14 bits per heavy atom. The highest BCUT2D eigenvalue weighted by Gasteiger charge is 2.42. The van der Waals surface area contributed by atoms with Crippen molar-refractivity contribution in [2.24, 2.45) is 0 Å². The lowest BCUT2D eigenvalue weighted by Crippen LogP contribution is -2.43. The number of esters is 2. The maximum absolute atomic E-state index is 11.5. The molecule has 0 aromatic carbocycles. The summed E-state index contributed by atoms with van der Waals surface area (Å²) in [5.41, 5.74) is -5.72. The van der Waals surface area contributed by atoms with E-state index in [-0.39, 0.29) is 6.42 Å². The summed E-state index contributed by atoms with van der Waals surface area (Å²) in [4.78, 5) is 65.9. The van der Waals surface area contributed by atoms with Crippen LogP contribution in [-0.2, 0) is 38.2 Å². The fourth-order valence-electron chi connectivity index (χ4n) is 1.94. The predicted molar refractivity (Wildman–Crippen MR) is 85.4 cm³/mol. The first kappa shape index (κ1) is 25.7. The van der Waals surface area contributed by atoms with Gasteiger partial charge in [0.2, 0.25) is 0 Å². The summed E-state index contributed by atoms with van der Waals surface area (Å²) in [6.45, 7) is -0.847. The second-order valence-electron chi connectivity index (χ2n) is 5.96. The van der Waals surface area contributed by atoms with E-state index in [0.29, 0.717) is 0 Å². The average molecular weight is 424 g/mol. The van der Waals surface area contributed by atoms with Crippen LogP contribution in [0.25, 0.3) is 0 Å². The van der Waals surface area contributed by atoms with Crippen molar-refractivity contribution >= 4 is 35.8 Å². The molecule has 0 saturated heterocycles. The average Bonchev–Trinajstić information content (AvgIpc) is 2.52.